The van der Waals surface area contributed by atoms with Crippen molar-refractivity contribution in [3.05, 3.63) is 24.3 Å². The maximum Gasteiger partial charge on any atom is 0.217 e. The second-order valence-corrected chi connectivity index (χ2v) is 2.94. The summed E-state index contributed by atoms with van der Waals surface area (Å²) in [5.74, 6) is 0.0135. The van der Waals surface area contributed by atoms with E-state index in [1.54, 1.807) is 0 Å². The maximum absolute atomic E-state index is 10.5. The van der Waals surface area contributed by atoms with Gasteiger partial charge in [0.05, 0.1) is 0 Å². The highest BCUT2D eigenvalue weighted by molar-refractivity contribution is 5.72. The molecule has 0 bridgehead atoms. The van der Waals surface area contributed by atoms with Crippen LogP contribution in [0.5, 0.6) is 0 Å². The molecule has 74 valence electrons. The van der Waals surface area contributed by atoms with Crippen LogP contribution in [0, 0.1) is 0 Å². The van der Waals surface area contributed by atoms with E-state index in [1.165, 1.54) is 19.8 Å². The molecular weight excluding hydrogens is 162 g/mol. The van der Waals surface area contributed by atoms with Crippen molar-refractivity contribution in [3.63, 3.8) is 0 Å². The minimum absolute atomic E-state index is 0.0135. The summed E-state index contributed by atoms with van der Waals surface area (Å²) in [6, 6.07) is 0. The Hall–Kier alpha value is -1.05. The summed E-state index contributed by atoms with van der Waals surface area (Å²) in [6.07, 6.45) is 11.7. The van der Waals surface area contributed by atoms with Crippen LogP contribution in [-0.2, 0) is 4.79 Å². The van der Waals surface area contributed by atoms with Gasteiger partial charge in [-0.3, -0.25) is 4.79 Å². The summed E-state index contributed by atoms with van der Waals surface area (Å²) in [5, 5.41) is 2.69. The highest BCUT2D eigenvalue weighted by Gasteiger charge is 1.82. The zero-order chi connectivity index (χ0) is 9.94. The fraction of sp³-hybridized carbons (Fsp3) is 0.545. The molecule has 0 saturated heterocycles. The van der Waals surface area contributed by atoms with Crippen molar-refractivity contribution >= 4 is 5.91 Å². The molecule has 1 amide bonds. The summed E-state index contributed by atoms with van der Waals surface area (Å²) in [7, 11) is 0. The zero-order valence-electron chi connectivity index (χ0n) is 8.55. The zero-order valence-corrected chi connectivity index (χ0v) is 8.55. The third kappa shape index (κ3) is 10.9. The van der Waals surface area contributed by atoms with Gasteiger partial charge in [-0.1, -0.05) is 44.1 Å². The maximum atomic E-state index is 10.5. The van der Waals surface area contributed by atoms with Gasteiger partial charge in [0.2, 0.25) is 5.91 Å². The van der Waals surface area contributed by atoms with Crippen molar-refractivity contribution in [1.29, 1.82) is 0 Å². The number of amides is 1. The molecule has 0 aliphatic carbocycles. The molecule has 0 unspecified atom stereocenters. The van der Waals surface area contributed by atoms with Crippen molar-refractivity contribution in [1.82, 2.24) is 5.32 Å². The third-order valence-electron chi connectivity index (χ3n) is 1.58. The monoisotopic (exact) mass is 181 g/mol. The molecule has 0 spiro atoms. The average Bonchev–Trinajstić information content (AvgIpc) is 2.09. The highest BCUT2D eigenvalue weighted by Crippen LogP contribution is 1.94. The van der Waals surface area contributed by atoms with E-state index in [9.17, 15) is 4.79 Å². The molecular formula is C11H19NO. The highest BCUT2D eigenvalue weighted by atomic mass is 16.1. The van der Waals surface area contributed by atoms with Gasteiger partial charge < -0.3 is 5.32 Å². The molecule has 0 aliphatic heterocycles. The van der Waals surface area contributed by atoms with Crippen molar-refractivity contribution in [2.24, 2.45) is 0 Å². The fourth-order valence-electron chi connectivity index (χ4n) is 0.846. The van der Waals surface area contributed by atoms with E-state index < -0.39 is 0 Å². The van der Waals surface area contributed by atoms with Gasteiger partial charge in [0.1, 0.15) is 0 Å². The number of carbonyl (C=O) groups is 1. The lowest BCUT2D eigenvalue weighted by atomic mass is 10.2. The molecule has 1 N–H and O–H groups in total. The van der Waals surface area contributed by atoms with Gasteiger partial charge in [0.25, 0.3) is 0 Å². The number of allylic oxidation sites excluding steroid dienone is 3. The molecule has 2 heteroatoms. The standard InChI is InChI=1S/C11H19NO/c1-3-4-5-6-7-8-9-10-12-11(2)13/h6-9H,3-5,10H2,1-2H3,(H,12,13). The first-order chi connectivity index (χ1) is 6.27. The Morgan fingerprint density at radius 3 is 2.62 bits per heavy atom. The van der Waals surface area contributed by atoms with E-state index >= 15 is 0 Å². The van der Waals surface area contributed by atoms with Crippen LogP contribution in [0.25, 0.3) is 0 Å². The lowest BCUT2D eigenvalue weighted by molar-refractivity contribution is -0.118. The quantitative estimate of drug-likeness (QED) is 0.495. The molecule has 0 aromatic heterocycles. The summed E-state index contributed by atoms with van der Waals surface area (Å²) >= 11 is 0. The number of unbranched alkanes of at least 4 members (excludes halogenated alkanes) is 2. The predicted molar refractivity (Wildman–Crippen MR) is 56.5 cm³/mol. The Morgan fingerprint density at radius 1 is 1.31 bits per heavy atom. The van der Waals surface area contributed by atoms with Gasteiger partial charge in [-0.15, -0.1) is 0 Å². The van der Waals surface area contributed by atoms with Crippen molar-refractivity contribution in [2.75, 3.05) is 6.54 Å². The Labute approximate surface area is 80.7 Å². The molecule has 0 aliphatic rings. The van der Waals surface area contributed by atoms with E-state index in [1.807, 2.05) is 18.2 Å². The number of nitrogens with one attached hydrogen (secondary N) is 1. The van der Waals surface area contributed by atoms with Crippen LogP contribution in [0.1, 0.15) is 33.1 Å². The van der Waals surface area contributed by atoms with E-state index in [-0.39, 0.29) is 5.91 Å². The molecule has 0 aromatic rings. The summed E-state index contributed by atoms with van der Waals surface area (Å²) < 4.78 is 0. The van der Waals surface area contributed by atoms with Gasteiger partial charge in [-0.05, 0) is 6.42 Å². The average molecular weight is 181 g/mol. The van der Waals surface area contributed by atoms with E-state index in [0.29, 0.717) is 6.54 Å². The third-order valence-corrected chi connectivity index (χ3v) is 1.58. The first-order valence-corrected chi connectivity index (χ1v) is 4.83. The lowest BCUT2D eigenvalue weighted by Crippen LogP contribution is -2.19. The molecule has 0 saturated carbocycles. The molecule has 0 fully saturated rings. The van der Waals surface area contributed by atoms with Gasteiger partial charge in [0.15, 0.2) is 0 Å². The second-order valence-electron chi connectivity index (χ2n) is 2.94. The van der Waals surface area contributed by atoms with Crippen LogP contribution in [0.3, 0.4) is 0 Å². The Morgan fingerprint density at radius 2 is 2.00 bits per heavy atom. The van der Waals surface area contributed by atoms with Crippen LogP contribution >= 0.6 is 0 Å². The predicted octanol–water partition coefficient (Wildman–Crippen LogP) is 2.43. The number of rotatable bonds is 6. The number of carbonyl (C=O) groups excluding carboxylic acids is 1. The molecule has 0 atom stereocenters. The van der Waals surface area contributed by atoms with E-state index in [2.05, 4.69) is 18.3 Å². The molecule has 0 heterocycles. The Kier molecular flexibility index (Phi) is 8.31. The normalized spacial score (nSPS) is 11.2. The number of hydrogen-bond donors (Lipinski definition) is 1. The first-order valence-electron chi connectivity index (χ1n) is 4.83. The van der Waals surface area contributed by atoms with Gasteiger partial charge >= 0.3 is 0 Å². The summed E-state index contributed by atoms with van der Waals surface area (Å²) in [5.41, 5.74) is 0. The van der Waals surface area contributed by atoms with Crippen molar-refractivity contribution in [3.8, 4) is 0 Å². The molecule has 2 nitrogen and oxygen atoms in total. The van der Waals surface area contributed by atoms with Crippen LogP contribution in [0.4, 0.5) is 0 Å². The van der Waals surface area contributed by atoms with Crippen LogP contribution in [-0.4, -0.2) is 12.5 Å². The summed E-state index contributed by atoms with van der Waals surface area (Å²) in [6.45, 7) is 4.32. The van der Waals surface area contributed by atoms with Crippen molar-refractivity contribution < 1.29 is 4.79 Å². The topological polar surface area (TPSA) is 29.1 Å². The van der Waals surface area contributed by atoms with Crippen LogP contribution < -0.4 is 5.32 Å². The lowest BCUT2D eigenvalue weighted by Gasteiger charge is -1.92. The second kappa shape index (κ2) is 9.04. The van der Waals surface area contributed by atoms with Crippen molar-refractivity contribution in [2.45, 2.75) is 33.1 Å². The summed E-state index contributed by atoms with van der Waals surface area (Å²) in [4.78, 5) is 10.5. The first kappa shape index (κ1) is 11.9. The molecule has 0 radical (unpaired) electrons. The Bertz CT molecular complexity index is 183. The van der Waals surface area contributed by atoms with Gasteiger partial charge in [-0.2, -0.15) is 0 Å². The SMILES string of the molecule is CCCCC=CC=CCNC(C)=O. The molecule has 13 heavy (non-hydrogen) atoms. The largest absolute Gasteiger partial charge is 0.353 e. The molecule has 0 rings (SSSR count). The fourth-order valence-corrected chi connectivity index (χ4v) is 0.846. The molecule has 0 aromatic carbocycles. The Balaban J connectivity index is 3.29. The van der Waals surface area contributed by atoms with Crippen LogP contribution in [0.2, 0.25) is 0 Å². The van der Waals surface area contributed by atoms with Gasteiger partial charge in [-0.25, -0.2) is 0 Å². The van der Waals surface area contributed by atoms with E-state index in [4.69, 9.17) is 0 Å². The van der Waals surface area contributed by atoms with Crippen LogP contribution in [0.15, 0.2) is 24.3 Å². The smallest absolute Gasteiger partial charge is 0.217 e. The minimum atomic E-state index is 0.0135. The van der Waals surface area contributed by atoms with E-state index in [0.717, 1.165) is 6.42 Å². The van der Waals surface area contributed by atoms with Gasteiger partial charge in [0, 0.05) is 13.5 Å². The number of hydrogen-bond acceptors (Lipinski definition) is 1. The minimum Gasteiger partial charge on any atom is -0.353 e.